The smallest absolute Gasteiger partial charge is 0.148 e. The summed E-state index contributed by atoms with van der Waals surface area (Å²) in [6.45, 7) is 9.34. The first-order chi connectivity index (χ1) is 7.78. The Morgan fingerprint density at radius 1 is 1.35 bits per heavy atom. The van der Waals surface area contributed by atoms with Gasteiger partial charge in [-0.1, -0.05) is 13.8 Å². The molecule has 2 unspecified atom stereocenters. The third-order valence-electron chi connectivity index (χ3n) is 3.21. The Kier molecular flexibility index (Phi) is 5.41. The van der Waals surface area contributed by atoms with Gasteiger partial charge in [-0.2, -0.15) is 0 Å². The van der Waals surface area contributed by atoms with E-state index in [0.29, 0.717) is 12.0 Å². The van der Waals surface area contributed by atoms with Crippen LogP contribution in [0.1, 0.15) is 27.2 Å². The molecule has 1 aliphatic heterocycles. The fraction of sp³-hybridized carbons (Fsp3) is 1.00. The van der Waals surface area contributed by atoms with E-state index >= 15 is 0 Å². The van der Waals surface area contributed by atoms with Crippen molar-refractivity contribution in [1.82, 2.24) is 10.2 Å². The third kappa shape index (κ3) is 5.84. The summed E-state index contributed by atoms with van der Waals surface area (Å²) < 4.78 is 22.6. The van der Waals surface area contributed by atoms with Gasteiger partial charge in [0.25, 0.3) is 0 Å². The van der Waals surface area contributed by atoms with Crippen molar-refractivity contribution < 1.29 is 8.42 Å². The van der Waals surface area contributed by atoms with Crippen LogP contribution in [-0.4, -0.2) is 57.0 Å². The van der Waals surface area contributed by atoms with E-state index in [9.17, 15) is 8.42 Å². The molecule has 0 bridgehead atoms. The van der Waals surface area contributed by atoms with Crippen LogP contribution >= 0.6 is 0 Å². The van der Waals surface area contributed by atoms with Crippen molar-refractivity contribution in [2.45, 2.75) is 39.3 Å². The summed E-state index contributed by atoms with van der Waals surface area (Å²) in [6, 6.07) is 0.632. The zero-order valence-corrected chi connectivity index (χ0v) is 12.3. The number of hydrogen-bond donors (Lipinski definition) is 1. The Morgan fingerprint density at radius 3 is 2.53 bits per heavy atom. The van der Waals surface area contributed by atoms with Crippen LogP contribution in [0, 0.1) is 5.92 Å². The molecule has 1 saturated heterocycles. The molecule has 0 saturated carbocycles. The summed E-state index contributed by atoms with van der Waals surface area (Å²) in [5.74, 6) is 0.944. The highest BCUT2D eigenvalue weighted by Gasteiger charge is 2.25. The van der Waals surface area contributed by atoms with Crippen LogP contribution in [-0.2, 0) is 9.84 Å². The van der Waals surface area contributed by atoms with Crippen molar-refractivity contribution in [3.63, 3.8) is 0 Å². The third-order valence-corrected chi connectivity index (χ3v) is 4.30. The highest BCUT2D eigenvalue weighted by molar-refractivity contribution is 7.90. The number of nitrogens with zero attached hydrogens (tertiary/aromatic N) is 1. The molecule has 1 rings (SSSR count). The SMILES string of the molecule is CC(C)CC1CN(C(C)CS(C)(=O)=O)CCN1. The van der Waals surface area contributed by atoms with Crippen molar-refractivity contribution in [3.8, 4) is 0 Å². The van der Waals surface area contributed by atoms with Gasteiger partial charge < -0.3 is 5.32 Å². The van der Waals surface area contributed by atoms with Crippen molar-refractivity contribution in [1.29, 1.82) is 0 Å². The number of hydrogen-bond acceptors (Lipinski definition) is 4. The predicted octanol–water partition coefficient (Wildman–Crippen LogP) is 0.739. The summed E-state index contributed by atoms with van der Waals surface area (Å²) in [4.78, 5) is 2.30. The predicted molar refractivity (Wildman–Crippen MR) is 72.0 cm³/mol. The second kappa shape index (κ2) is 6.16. The van der Waals surface area contributed by atoms with Gasteiger partial charge in [0.05, 0.1) is 5.75 Å². The van der Waals surface area contributed by atoms with Gasteiger partial charge in [-0.3, -0.25) is 4.90 Å². The van der Waals surface area contributed by atoms with Crippen molar-refractivity contribution >= 4 is 9.84 Å². The minimum atomic E-state index is -2.88. The molecule has 0 radical (unpaired) electrons. The molecule has 0 spiro atoms. The van der Waals surface area contributed by atoms with E-state index in [2.05, 4.69) is 24.1 Å². The normalized spacial score (nSPS) is 25.1. The van der Waals surface area contributed by atoms with E-state index in [1.165, 1.54) is 6.26 Å². The number of sulfone groups is 1. The summed E-state index contributed by atoms with van der Waals surface area (Å²) in [5, 5.41) is 3.51. The molecule has 0 aromatic rings. The van der Waals surface area contributed by atoms with Crippen LogP contribution in [0.3, 0.4) is 0 Å². The first-order valence-corrected chi connectivity index (χ1v) is 8.49. The molecule has 2 atom stereocenters. The molecule has 5 heteroatoms. The van der Waals surface area contributed by atoms with Gasteiger partial charge in [0.15, 0.2) is 0 Å². The molecular formula is C12H26N2O2S. The molecule has 1 fully saturated rings. The summed E-state index contributed by atoms with van der Waals surface area (Å²) >= 11 is 0. The van der Waals surface area contributed by atoms with E-state index in [0.717, 1.165) is 26.1 Å². The van der Waals surface area contributed by atoms with Gasteiger partial charge in [0.2, 0.25) is 0 Å². The van der Waals surface area contributed by atoms with Crippen LogP contribution in [0.2, 0.25) is 0 Å². The van der Waals surface area contributed by atoms with Gasteiger partial charge in [-0.05, 0) is 19.3 Å². The van der Waals surface area contributed by atoms with Crippen molar-refractivity contribution in [3.05, 3.63) is 0 Å². The Morgan fingerprint density at radius 2 is 2.00 bits per heavy atom. The molecule has 17 heavy (non-hydrogen) atoms. The average Bonchev–Trinajstić information content (AvgIpc) is 2.14. The molecular weight excluding hydrogens is 236 g/mol. The lowest BCUT2D eigenvalue weighted by atomic mass is 10.0. The second-order valence-corrected chi connectivity index (χ2v) is 7.90. The Balaban J connectivity index is 2.48. The first-order valence-electron chi connectivity index (χ1n) is 6.43. The van der Waals surface area contributed by atoms with E-state index in [1.54, 1.807) is 0 Å². The largest absolute Gasteiger partial charge is 0.311 e. The number of piperazine rings is 1. The lowest BCUT2D eigenvalue weighted by Gasteiger charge is -2.38. The monoisotopic (exact) mass is 262 g/mol. The molecule has 102 valence electrons. The van der Waals surface area contributed by atoms with Crippen LogP contribution < -0.4 is 5.32 Å². The summed E-state index contributed by atoms with van der Waals surface area (Å²) in [6.07, 6.45) is 2.47. The lowest BCUT2D eigenvalue weighted by molar-refractivity contribution is 0.153. The minimum Gasteiger partial charge on any atom is -0.311 e. The quantitative estimate of drug-likeness (QED) is 0.794. The van der Waals surface area contributed by atoms with Gasteiger partial charge >= 0.3 is 0 Å². The molecule has 4 nitrogen and oxygen atoms in total. The second-order valence-electron chi connectivity index (χ2n) is 5.72. The summed E-state index contributed by atoms with van der Waals surface area (Å²) in [7, 11) is -2.88. The Hall–Kier alpha value is -0.130. The summed E-state index contributed by atoms with van der Waals surface area (Å²) in [5.41, 5.74) is 0. The zero-order chi connectivity index (χ0) is 13.1. The molecule has 0 aromatic heterocycles. The zero-order valence-electron chi connectivity index (χ0n) is 11.4. The van der Waals surface area contributed by atoms with Crippen molar-refractivity contribution in [2.24, 2.45) is 5.92 Å². The number of nitrogens with one attached hydrogen (secondary N) is 1. The lowest BCUT2D eigenvalue weighted by Crippen LogP contribution is -2.54. The molecule has 1 N–H and O–H groups in total. The first kappa shape index (κ1) is 14.9. The van der Waals surface area contributed by atoms with Crippen LogP contribution in [0.5, 0.6) is 0 Å². The maximum absolute atomic E-state index is 11.3. The van der Waals surface area contributed by atoms with Gasteiger partial charge in [0.1, 0.15) is 9.84 Å². The van der Waals surface area contributed by atoms with Gasteiger partial charge in [-0.15, -0.1) is 0 Å². The topological polar surface area (TPSA) is 49.4 Å². The fourth-order valence-electron chi connectivity index (χ4n) is 2.52. The Bertz CT molecular complexity index is 327. The molecule has 1 aliphatic rings. The molecule has 0 amide bonds. The minimum absolute atomic E-state index is 0.127. The maximum Gasteiger partial charge on any atom is 0.148 e. The average molecular weight is 262 g/mol. The Labute approximate surface area is 106 Å². The van der Waals surface area contributed by atoms with Crippen LogP contribution in [0.25, 0.3) is 0 Å². The van der Waals surface area contributed by atoms with Gasteiger partial charge in [-0.25, -0.2) is 8.42 Å². The van der Waals surface area contributed by atoms with Crippen LogP contribution in [0.4, 0.5) is 0 Å². The van der Waals surface area contributed by atoms with E-state index in [-0.39, 0.29) is 11.8 Å². The maximum atomic E-state index is 11.3. The van der Waals surface area contributed by atoms with Crippen molar-refractivity contribution in [2.75, 3.05) is 31.6 Å². The number of rotatable bonds is 5. The molecule has 0 aliphatic carbocycles. The van der Waals surface area contributed by atoms with E-state index < -0.39 is 9.84 Å². The standard InChI is InChI=1S/C12H26N2O2S/c1-10(2)7-12-8-14(6-5-13-12)11(3)9-17(4,15)16/h10-13H,5-9H2,1-4H3. The van der Waals surface area contributed by atoms with E-state index in [4.69, 9.17) is 0 Å². The molecule has 1 heterocycles. The highest BCUT2D eigenvalue weighted by Crippen LogP contribution is 2.12. The van der Waals surface area contributed by atoms with Crippen LogP contribution in [0.15, 0.2) is 0 Å². The fourth-order valence-corrected chi connectivity index (χ4v) is 3.61. The van der Waals surface area contributed by atoms with E-state index in [1.807, 2.05) is 6.92 Å². The van der Waals surface area contributed by atoms with Gasteiger partial charge in [0, 0.05) is 38.0 Å². The highest BCUT2D eigenvalue weighted by atomic mass is 32.2. The molecule has 0 aromatic carbocycles.